The Labute approximate surface area is 169 Å². The number of aromatic nitrogens is 4. The molecule has 2 aromatic heterocycles. The molecule has 7 heteroatoms. The first-order valence-electron chi connectivity index (χ1n) is 8.99. The molecule has 5 rings (SSSR count). The third-order valence-corrected chi connectivity index (χ3v) is 5.12. The fourth-order valence-corrected chi connectivity index (χ4v) is 3.59. The summed E-state index contributed by atoms with van der Waals surface area (Å²) < 4.78 is 16.7. The molecule has 2 heterocycles. The van der Waals surface area contributed by atoms with E-state index in [9.17, 15) is 9.18 Å². The summed E-state index contributed by atoms with van der Waals surface area (Å²) >= 11 is 6.02. The summed E-state index contributed by atoms with van der Waals surface area (Å²) in [4.78, 5) is 13.2. The summed E-state index contributed by atoms with van der Waals surface area (Å²) in [5.41, 5.74) is 2.17. The van der Waals surface area contributed by atoms with Crippen LogP contribution in [0.4, 0.5) is 4.39 Å². The monoisotopic (exact) mass is 404 g/mol. The number of nitrogens with zero attached hydrogens (tertiary/aromatic N) is 4. The van der Waals surface area contributed by atoms with Crippen molar-refractivity contribution in [1.82, 2.24) is 19.2 Å². The van der Waals surface area contributed by atoms with Crippen LogP contribution >= 0.6 is 11.6 Å². The summed E-state index contributed by atoms with van der Waals surface area (Å²) in [7, 11) is 0. The number of para-hydroxylation sites is 1. The van der Waals surface area contributed by atoms with Crippen LogP contribution in [0.2, 0.25) is 5.02 Å². The van der Waals surface area contributed by atoms with Crippen molar-refractivity contribution in [2.45, 2.75) is 6.54 Å². The molecule has 0 saturated carbocycles. The Balaban J connectivity index is 1.81. The Hall–Kier alpha value is -3.51. The van der Waals surface area contributed by atoms with Crippen LogP contribution in [-0.4, -0.2) is 19.2 Å². The van der Waals surface area contributed by atoms with Gasteiger partial charge in [-0.05, 0) is 54.1 Å². The molecule has 0 aliphatic rings. The predicted molar refractivity (Wildman–Crippen MR) is 111 cm³/mol. The fraction of sp³-hybridized carbons (Fsp3) is 0.0455. The molecule has 0 spiro atoms. The van der Waals surface area contributed by atoms with Gasteiger partial charge in [-0.2, -0.15) is 0 Å². The van der Waals surface area contributed by atoms with E-state index in [1.165, 1.54) is 12.1 Å². The standard InChI is InChI=1S/C22H14ClFN4O/c23-16-9-7-15(8-10-16)20-25-26-22-27(13-14-5-11-17(24)12-6-14)21(29)18-3-1-2-4-19(18)28(20)22/h1-12H,13H2. The largest absolute Gasteiger partial charge is 0.272 e. The Morgan fingerprint density at radius 2 is 1.62 bits per heavy atom. The third-order valence-electron chi connectivity index (χ3n) is 4.86. The van der Waals surface area contributed by atoms with Gasteiger partial charge in [0.1, 0.15) is 5.82 Å². The molecular formula is C22H14ClFN4O. The zero-order valence-corrected chi connectivity index (χ0v) is 15.8. The van der Waals surface area contributed by atoms with Gasteiger partial charge in [0.2, 0.25) is 5.78 Å². The van der Waals surface area contributed by atoms with Crippen molar-refractivity contribution in [3.8, 4) is 11.4 Å². The molecule has 5 nitrogen and oxygen atoms in total. The summed E-state index contributed by atoms with van der Waals surface area (Å²) in [6, 6.07) is 20.7. The average Bonchev–Trinajstić information content (AvgIpc) is 3.18. The van der Waals surface area contributed by atoms with Crippen molar-refractivity contribution >= 4 is 28.3 Å². The molecule has 3 aromatic carbocycles. The van der Waals surface area contributed by atoms with Gasteiger partial charge in [-0.25, -0.2) is 4.39 Å². The maximum Gasteiger partial charge on any atom is 0.263 e. The van der Waals surface area contributed by atoms with Gasteiger partial charge in [0.15, 0.2) is 5.82 Å². The van der Waals surface area contributed by atoms with E-state index in [-0.39, 0.29) is 17.9 Å². The molecule has 0 amide bonds. The van der Waals surface area contributed by atoms with E-state index in [0.717, 1.165) is 16.6 Å². The average molecular weight is 405 g/mol. The van der Waals surface area contributed by atoms with Gasteiger partial charge in [-0.15, -0.1) is 10.2 Å². The van der Waals surface area contributed by atoms with E-state index >= 15 is 0 Å². The second-order valence-electron chi connectivity index (χ2n) is 6.70. The Morgan fingerprint density at radius 1 is 0.897 bits per heavy atom. The number of benzene rings is 3. The number of hydrogen-bond donors (Lipinski definition) is 0. The van der Waals surface area contributed by atoms with E-state index < -0.39 is 0 Å². The number of halogens is 2. The van der Waals surface area contributed by atoms with Crippen LogP contribution < -0.4 is 5.56 Å². The van der Waals surface area contributed by atoms with Crippen LogP contribution in [0.1, 0.15) is 5.56 Å². The Kier molecular flexibility index (Phi) is 4.14. The van der Waals surface area contributed by atoms with Gasteiger partial charge in [0.05, 0.1) is 17.4 Å². The maximum absolute atomic E-state index is 13.3. The number of fused-ring (bicyclic) bond motifs is 3. The molecule has 5 aromatic rings. The Bertz CT molecular complexity index is 1410. The lowest BCUT2D eigenvalue weighted by molar-refractivity contribution is 0.626. The summed E-state index contributed by atoms with van der Waals surface area (Å²) in [5.74, 6) is 0.709. The minimum Gasteiger partial charge on any atom is -0.272 e. The zero-order valence-electron chi connectivity index (χ0n) is 15.1. The van der Waals surface area contributed by atoms with Crippen molar-refractivity contribution in [1.29, 1.82) is 0 Å². The molecule has 29 heavy (non-hydrogen) atoms. The van der Waals surface area contributed by atoms with E-state index in [4.69, 9.17) is 11.6 Å². The van der Waals surface area contributed by atoms with Crippen LogP contribution in [0, 0.1) is 5.82 Å². The molecule has 0 bridgehead atoms. The van der Waals surface area contributed by atoms with Crippen molar-refractivity contribution < 1.29 is 4.39 Å². The molecule has 0 aliphatic carbocycles. The van der Waals surface area contributed by atoms with Crippen LogP contribution in [0.3, 0.4) is 0 Å². The highest BCUT2D eigenvalue weighted by atomic mass is 35.5. The van der Waals surface area contributed by atoms with Gasteiger partial charge in [-0.1, -0.05) is 35.9 Å². The van der Waals surface area contributed by atoms with Crippen molar-refractivity contribution in [3.63, 3.8) is 0 Å². The van der Waals surface area contributed by atoms with E-state index in [0.29, 0.717) is 22.0 Å². The molecular weight excluding hydrogens is 391 g/mol. The van der Waals surface area contributed by atoms with Crippen LogP contribution in [0.15, 0.2) is 77.6 Å². The topological polar surface area (TPSA) is 52.2 Å². The highest BCUT2D eigenvalue weighted by Crippen LogP contribution is 2.24. The van der Waals surface area contributed by atoms with Crippen LogP contribution in [-0.2, 0) is 6.54 Å². The molecule has 0 N–H and O–H groups in total. The lowest BCUT2D eigenvalue weighted by Gasteiger charge is -2.11. The fourth-order valence-electron chi connectivity index (χ4n) is 3.46. The minimum absolute atomic E-state index is 0.174. The molecule has 142 valence electrons. The van der Waals surface area contributed by atoms with Gasteiger partial charge in [0.25, 0.3) is 5.56 Å². The number of hydrogen-bond acceptors (Lipinski definition) is 3. The Morgan fingerprint density at radius 3 is 2.38 bits per heavy atom. The van der Waals surface area contributed by atoms with Gasteiger partial charge in [-0.3, -0.25) is 13.8 Å². The van der Waals surface area contributed by atoms with Gasteiger partial charge in [0, 0.05) is 10.6 Å². The van der Waals surface area contributed by atoms with E-state index in [1.54, 1.807) is 34.9 Å². The predicted octanol–water partition coefficient (Wildman–Crippen LogP) is 4.55. The normalized spacial score (nSPS) is 11.4. The first-order chi connectivity index (χ1) is 14.1. The quantitative estimate of drug-likeness (QED) is 0.443. The lowest BCUT2D eigenvalue weighted by atomic mass is 10.2. The van der Waals surface area contributed by atoms with Crippen LogP contribution in [0.5, 0.6) is 0 Å². The van der Waals surface area contributed by atoms with Crippen molar-refractivity contribution in [2.24, 2.45) is 0 Å². The summed E-state index contributed by atoms with van der Waals surface area (Å²) in [6.45, 7) is 0.256. The van der Waals surface area contributed by atoms with E-state index in [2.05, 4.69) is 10.2 Å². The molecule has 0 atom stereocenters. The third kappa shape index (κ3) is 2.98. The van der Waals surface area contributed by atoms with Gasteiger partial charge >= 0.3 is 0 Å². The van der Waals surface area contributed by atoms with Crippen LogP contribution in [0.25, 0.3) is 28.1 Å². The summed E-state index contributed by atoms with van der Waals surface area (Å²) in [5, 5.41) is 9.84. The van der Waals surface area contributed by atoms with E-state index in [1.807, 2.05) is 34.7 Å². The molecule has 0 saturated heterocycles. The van der Waals surface area contributed by atoms with Crippen molar-refractivity contribution in [3.05, 3.63) is 99.6 Å². The SMILES string of the molecule is O=c1c2ccccc2n2c(-c3ccc(Cl)cc3)nnc2n1Cc1ccc(F)cc1. The second kappa shape index (κ2) is 6.83. The first kappa shape index (κ1) is 17.6. The molecule has 0 unspecified atom stereocenters. The second-order valence-corrected chi connectivity index (χ2v) is 7.14. The smallest absolute Gasteiger partial charge is 0.263 e. The summed E-state index contributed by atoms with van der Waals surface area (Å²) in [6.07, 6.45) is 0. The highest BCUT2D eigenvalue weighted by Gasteiger charge is 2.17. The molecule has 0 radical (unpaired) electrons. The van der Waals surface area contributed by atoms with Gasteiger partial charge < -0.3 is 0 Å². The van der Waals surface area contributed by atoms with Crippen molar-refractivity contribution in [2.75, 3.05) is 0 Å². The molecule has 0 aliphatic heterocycles. The lowest BCUT2D eigenvalue weighted by Crippen LogP contribution is -2.24. The maximum atomic E-state index is 13.3. The first-order valence-corrected chi connectivity index (χ1v) is 9.37. The number of rotatable bonds is 3. The minimum atomic E-state index is -0.322. The molecule has 0 fully saturated rings. The zero-order chi connectivity index (χ0) is 20.0. The highest BCUT2D eigenvalue weighted by molar-refractivity contribution is 6.30.